The predicted octanol–water partition coefficient (Wildman–Crippen LogP) is 1.93. The second-order valence-corrected chi connectivity index (χ2v) is 5.38. The Labute approximate surface area is 108 Å². The molecule has 1 aromatic rings. The molecule has 0 aromatic heterocycles. The average Bonchev–Trinajstić information content (AvgIpc) is 2.82. The first-order valence-corrected chi connectivity index (χ1v) is 6.68. The second-order valence-electron chi connectivity index (χ2n) is 5.38. The van der Waals surface area contributed by atoms with Gasteiger partial charge in [0.05, 0.1) is 18.8 Å². The van der Waals surface area contributed by atoms with Crippen LogP contribution in [0.3, 0.4) is 0 Å². The van der Waals surface area contributed by atoms with Crippen LogP contribution in [0, 0.1) is 5.92 Å². The molecule has 1 aliphatic rings. The third-order valence-electron chi connectivity index (χ3n) is 3.56. The smallest absolute Gasteiger partial charge is 0.122 e. The maximum absolute atomic E-state index is 9.87. The largest absolute Gasteiger partial charge is 0.493 e. The highest BCUT2D eigenvalue weighted by molar-refractivity contribution is 5.39. The van der Waals surface area contributed by atoms with E-state index in [4.69, 9.17) is 4.74 Å². The number of ether oxygens (including phenoxy) is 1. The average molecular weight is 250 g/mol. The van der Waals surface area contributed by atoms with Gasteiger partial charge >= 0.3 is 0 Å². The zero-order valence-corrected chi connectivity index (χ0v) is 11.1. The summed E-state index contributed by atoms with van der Waals surface area (Å²) in [6, 6.07) is 6.19. The quantitative estimate of drug-likeness (QED) is 0.839. The molecule has 0 aliphatic carbocycles. The van der Waals surface area contributed by atoms with E-state index in [0.717, 1.165) is 25.2 Å². The second kappa shape index (κ2) is 5.72. The lowest BCUT2D eigenvalue weighted by atomic mass is 9.96. The van der Waals surface area contributed by atoms with E-state index in [0.29, 0.717) is 6.42 Å². The molecule has 3 heteroatoms. The fraction of sp³-hybridized carbons (Fsp3) is 0.600. The van der Waals surface area contributed by atoms with Crippen LogP contribution in [0.5, 0.6) is 5.75 Å². The van der Waals surface area contributed by atoms with Gasteiger partial charge in [0.15, 0.2) is 0 Å². The minimum Gasteiger partial charge on any atom is -0.493 e. The lowest BCUT2D eigenvalue weighted by Gasteiger charge is -2.21. The van der Waals surface area contributed by atoms with Gasteiger partial charge in [-0.05, 0) is 36.0 Å². The van der Waals surface area contributed by atoms with Crippen molar-refractivity contribution in [2.45, 2.75) is 45.3 Å². The van der Waals surface area contributed by atoms with Gasteiger partial charge in [0, 0.05) is 6.42 Å². The molecule has 0 amide bonds. The zero-order chi connectivity index (χ0) is 13.1. The fourth-order valence-corrected chi connectivity index (χ4v) is 2.33. The molecular weight excluding hydrogens is 228 g/mol. The third-order valence-corrected chi connectivity index (χ3v) is 3.56. The Morgan fingerprint density at radius 3 is 2.78 bits per heavy atom. The Kier molecular flexibility index (Phi) is 4.25. The highest BCUT2D eigenvalue weighted by Gasteiger charge is 2.19. The summed E-state index contributed by atoms with van der Waals surface area (Å²) in [5.41, 5.74) is 2.46. The van der Waals surface area contributed by atoms with E-state index >= 15 is 0 Å². The van der Waals surface area contributed by atoms with Crippen molar-refractivity contribution < 1.29 is 14.9 Å². The first-order chi connectivity index (χ1) is 8.58. The Hall–Kier alpha value is -1.06. The van der Waals surface area contributed by atoms with Crippen molar-refractivity contribution >= 4 is 0 Å². The molecule has 2 N–H and O–H groups in total. The fourth-order valence-electron chi connectivity index (χ4n) is 2.33. The Morgan fingerprint density at radius 2 is 2.06 bits per heavy atom. The van der Waals surface area contributed by atoms with Crippen LogP contribution < -0.4 is 4.74 Å². The normalized spacial score (nSPS) is 17.4. The van der Waals surface area contributed by atoms with Crippen molar-refractivity contribution in [3.63, 3.8) is 0 Å². The van der Waals surface area contributed by atoms with Crippen molar-refractivity contribution in [3.05, 3.63) is 29.3 Å². The molecule has 2 atom stereocenters. The summed E-state index contributed by atoms with van der Waals surface area (Å²) in [6.07, 6.45) is 1.08. The molecule has 18 heavy (non-hydrogen) atoms. The molecule has 3 nitrogen and oxygen atoms in total. The SMILES string of the molecule is CC(C)C(O)C(O)CCc1ccc2c(c1)CCO2. The first kappa shape index (κ1) is 13.4. The molecule has 0 bridgehead atoms. The number of aryl methyl sites for hydroxylation is 1. The van der Waals surface area contributed by atoms with Gasteiger partial charge < -0.3 is 14.9 Å². The number of aliphatic hydroxyl groups is 2. The summed E-state index contributed by atoms with van der Waals surface area (Å²) in [6.45, 7) is 4.61. The summed E-state index contributed by atoms with van der Waals surface area (Å²) in [5.74, 6) is 1.08. The summed E-state index contributed by atoms with van der Waals surface area (Å²) in [5, 5.41) is 19.6. The van der Waals surface area contributed by atoms with Gasteiger partial charge in [0.25, 0.3) is 0 Å². The number of aliphatic hydroxyl groups excluding tert-OH is 2. The maximum atomic E-state index is 9.87. The van der Waals surface area contributed by atoms with Crippen molar-refractivity contribution in [2.24, 2.45) is 5.92 Å². The molecule has 0 fully saturated rings. The monoisotopic (exact) mass is 250 g/mol. The summed E-state index contributed by atoms with van der Waals surface area (Å²) < 4.78 is 5.46. The number of hydrogen-bond acceptors (Lipinski definition) is 3. The number of hydrogen-bond donors (Lipinski definition) is 2. The molecule has 1 heterocycles. The number of fused-ring (bicyclic) bond motifs is 1. The zero-order valence-electron chi connectivity index (χ0n) is 11.1. The van der Waals surface area contributed by atoms with E-state index < -0.39 is 12.2 Å². The van der Waals surface area contributed by atoms with Crippen molar-refractivity contribution in [2.75, 3.05) is 6.61 Å². The molecular formula is C15H22O3. The highest BCUT2D eigenvalue weighted by atomic mass is 16.5. The van der Waals surface area contributed by atoms with E-state index in [1.807, 2.05) is 26.0 Å². The van der Waals surface area contributed by atoms with Crippen LogP contribution in [0.25, 0.3) is 0 Å². The van der Waals surface area contributed by atoms with Crippen LogP contribution in [0.2, 0.25) is 0 Å². The maximum Gasteiger partial charge on any atom is 0.122 e. The molecule has 1 aromatic carbocycles. The van der Waals surface area contributed by atoms with E-state index in [9.17, 15) is 10.2 Å². The third kappa shape index (κ3) is 3.03. The Morgan fingerprint density at radius 1 is 1.28 bits per heavy atom. The van der Waals surface area contributed by atoms with Crippen LogP contribution in [-0.2, 0) is 12.8 Å². The molecule has 0 radical (unpaired) electrons. The van der Waals surface area contributed by atoms with Gasteiger partial charge in [-0.25, -0.2) is 0 Å². The molecule has 0 saturated heterocycles. The van der Waals surface area contributed by atoms with Crippen LogP contribution in [0.1, 0.15) is 31.4 Å². The topological polar surface area (TPSA) is 49.7 Å². The number of rotatable bonds is 5. The van der Waals surface area contributed by atoms with E-state index in [1.54, 1.807) is 0 Å². The lowest BCUT2D eigenvalue weighted by molar-refractivity contribution is -0.0118. The van der Waals surface area contributed by atoms with Crippen LogP contribution >= 0.6 is 0 Å². The van der Waals surface area contributed by atoms with Gasteiger partial charge in [0.1, 0.15) is 5.75 Å². The van der Waals surface area contributed by atoms with Gasteiger partial charge in [-0.1, -0.05) is 26.0 Å². The van der Waals surface area contributed by atoms with E-state index in [-0.39, 0.29) is 5.92 Å². The molecule has 2 rings (SSSR count). The molecule has 0 saturated carbocycles. The molecule has 100 valence electrons. The molecule has 2 unspecified atom stereocenters. The molecule has 1 aliphatic heterocycles. The minimum atomic E-state index is -0.644. The van der Waals surface area contributed by atoms with Gasteiger partial charge in [-0.3, -0.25) is 0 Å². The van der Waals surface area contributed by atoms with Crippen molar-refractivity contribution in [3.8, 4) is 5.75 Å². The van der Waals surface area contributed by atoms with Crippen LogP contribution in [0.15, 0.2) is 18.2 Å². The standard InChI is InChI=1S/C15H22O3/c1-10(2)15(17)13(16)5-3-11-4-6-14-12(9-11)7-8-18-14/h4,6,9-10,13,15-17H,3,5,7-8H2,1-2H3. The van der Waals surface area contributed by atoms with Gasteiger partial charge in [-0.2, -0.15) is 0 Å². The van der Waals surface area contributed by atoms with E-state index in [2.05, 4.69) is 6.07 Å². The molecule has 0 spiro atoms. The minimum absolute atomic E-state index is 0.0911. The Balaban J connectivity index is 1.90. The van der Waals surface area contributed by atoms with Gasteiger partial charge in [0.2, 0.25) is 0 Å². The van der Waals surface area contributed by atoms with Gasteiger partial charge in [-0.15, -0.1) is 0 Å². The Bertz CT molecular complexity index is 401. The first-order valence-electron chi connectivity index (χ1n) is 6.68. The summed E-state index contributed by atoms with van der Waals surface area (Å²) in [7, 11) is 0. The summed E-state index contributed by atoms with van der Waals surface area (Å²) >= 11 is 0. The lowest BCUT2D eigenvalue weighted by Crippen LogP contribution is -2.31. The van der Waals surface area contributed by atoms with E-state index in [1.165, 1.54) is 11.1 Å². The van der Waals surface area contributed by atoms with Crippen LogP contribution in [0.4, 0.5) is 0 Å². The number of benzene rings is 1. The van der Waals surface area contributed by atoms with Crippen molar-refractivity contribution in [1.82, 2.24) is 0 Å². The van der Waals surface area contributed by atoms with Crippen molar-refractivity contribution in [1.29, 1.82) is 0 Å². The predicted molar refractivity (Wildman–Crippen MR) is 70.8 cm³/mol. The van der Waals surface area contributed by atoms with Crippen LogP contribution in [-0.4, -0.2) is 29.0 Å². The summed E-state index contributed by atoms with van der Waals surface area (Å²) in [4.78, 5) is 0. The highest BCUT2D eigenvalue weighted by Crippen LogP contribution is 2.26.